The second-order valence-corrected chi connectivity index (χ2v) is 7.00. The molecule has 2 amide bonds. The molecule has 3 atom stereocenters. The van der Waals surface area contributed by atoms with E-state index in [0.717, 1.165) is 25.3 Å². The first kappa shape index (κ1) is 15.6. The smallest absolute Gasteiger partial charge is 0.317 e. The van der Waals surface area contributed by atoms with E-state index in [0.29, 0.717) is 18.5 Å². The first-order valence-corrected chi connectivity index (χ1v) is 8.26. The summed E-state index contributed by atoms with van der Waals surface area (Å²) < 4.78 is 0. The first-order valence-electron chi connectivity index (χ1n) is 8.26. The number of hydrogen-bond acceptors (Lipinski definition) is 2. The van der Waals surface area contributed by atoms with Gasteiger partial charge in [0.15, 0.2) is 0 Å². The topological polar surface area (TPSA) is 52.6 Å². The van der Waals surface area contributed by atoms with Crippen LogP contribution >= 0.6 is 0 Å². The lowest BCUT2D eigenvalue weighted by atomic mass is 9.94. The number of nitrogens with one attached hydrogen (secondary N) is 1. The van der Waals surface area contributed by atoms with Gasteiger partial charge in [0.1, 0.15) is 0 Å². The van der Waals surface area contributed by atoms with Crippen LogP contribution < -0.4 is 5.32 Å². The lowest BCUT2D eigenvalue weighted by Gasteiger charge is -2.25. The molecule has 2 rings (SSSR count). The minimum absolute atomic E-state index is 0.0856. The molecule has 4 heteroatoms. The van der Waals surface area contributed by atoms with Crippen molar-refractivity contribution in [3.05, 3.63) is 0 Å². The van der Waals surface area contributed by atoms with Crippen molar-refractivity contribution < 1.29 is 9.90 Å². The van der Waals surface area contributed by atoms with Crippen molar-refractivity contribution in [1.29, 1.82) is 0 Å². The summed E-state index contributed by atoms with van der Waals surface area (Å²) in [6, 6.07) is 0.455. The molecule has 0 bridgehead atoms. The fourth-order valence-electron chi connectivity index (χ4n) is 3.54. The number of nitrogens with zero attached hydrogens (tertiary/aromatic N) is 1. The van der Waals surface area contributed by atoms with E-state index in [4.69, 9.17) is 5.11 Å². The largest absolute Gasteiger partial charge is 0.396 e. The molecule has 1 saturated heterocycles. The molecule has 2 fully saturated rings. The van der Waals surface area contributed by atoms with Gasteiger partial charge in [0.2, 0.25) is 0 Å². The van der Waals surface area contributed by atoms with Crippen molar-refractivity contribution in [2.24, 2.45) is 17.8 Å². The molecular formula is C16H30N2O2. The molecular weight excluding hydrogens is 252 g/mol. The van der Waals surface area contributed by atoms with Crippen LogP contribution in [0.3, 0.4) is 0 Å². The Morgan fingerprint density at radius 1 is 1.35 bits per heavy atom. The molecule has 1 heterocycles. The van der Waals surface area contributed by atoms with E-state index in [1.807, 2.05) is 4.90 Å². The van der Waals surface area contributed by atoms with Crippen molar-refractivity contribution in [2.75, 3.05) is 19.7 Å². The Bertz CT molecular complexity index is 320. The number of aliphatic hydroxyl groups excluding tert-OH is 1. The van der Waals surface area contributed by atoms with Crippen molar-refractivity contribution >= 4 is 6.03 Å². The van der Waals surface area contributed by atoms with Gasteiger partial charge in [-0.1, -0.05) is 26.7 Å². The summed E-state index contributed by atoms with van der Waals surface area (Å²) in [6.45, 7) is 6.24. The molecule has 2 aliphatic rings. The van der Waals surface area contributed by atoms with Gasteiger partial charge in [-0.3, -0.25) is 0 Å². The van der Waals surface area contributed by atoms with Crippen LogP contribution in [0.4, 0.5) is 4.79 Å². The summed E-state index contributed by atoms with van der Waals surface area (Å²) in [4.78, 5) is 14.2. The zero-order valence-corrected chi connectivity index (χ0v) is 13.0. The van der Waals surface area contributed by atoms with Gasteiger partial charge in [-0.2, -0.15) is 0 Å². The molecule has 1 saturated carbocycles. The van der Waals surface area contributed by atoms with E-state index in [2.05, 4.69) is 19.2 Å². The van der Waals surface area contributed by atoms with Crippen molar-refractivity contribution in [3.8, 4) is 0 Å². The zero-order valence-electron chi connectivity index (χ0n) is 13.0. The average Bonchev–Trinajstić information content (AvgIpc) is 3.04. The van der Waals surface area contributed by atoms with Gasteiger partial charge < -0.3 is 15.3 Å². The molecule has 116 valence electrons. The number of urea groups is 1. The number of hydrogen-bond donors (Lipinski definition) is 2. The number of aliphatic hydroxyl groups is 1. The van der Waals surface area contributed by atoms with Crippen LogP contribution in [0.2, 0.25) is 0 Å². The third-order valence-corrected chi connectivity index (χ3v) is 4.91. The average molecular weight is 282 g/mol. The predicted octanol–water partition coefficient (Wildman–Crippen LogP) is 2.62. The third-order valence-electron chi connectivity index (χ3n) is 4.91. The van der Waals surface area contributed by atoms with Gasteiger partial charge in [0.05, 0.1) is 0 Å². The summed E-state index contributed by atoms with van der Waals surface area (Å²) >= 11 is 0. The standard InChI is InChI=1S/C16H30N2O2/c1-12(2)6-7-14-4-3-5-15(14)17-16(20)18-9-8-13(10-18)11-19/h12-15,19H,3-11H2,1-2H3,(H,17,20). The maximum atomic E-state index is 12.3. The highest BCUT2D eigenvalue weighted by Gasteiger charge is 2.31. The van der Waals surface area contributed by atoms with Crippen molar-refractivity contribution in [1.82, 2.24) is 10.2 Å². The fraction of sp³-hybridized carbons (Fsp3) is 0.938. The van der Waals surface area contributed by atoms with E-state index < -0.39 is 0 Å². The first-order chi connectivity index (χ1) is 9.60. The Balaban J connectivity index is 1.78. The molecule has 2 N–H and O–H groups in total. The number of rotatable bonds is 5. The Morgan fingerprint density at radius 3 is 2.80 bits per heavy atom. The molecule has 4 nitrogen and oxygen atoms in total. The molecule has 0 aromatic carbocycles. The Morgan fingerprint density at radius 2 is 2.15 bits per heavy atom. The predicted molar refractivity (Wildman–Crippen MR) is 80.5 cm³/mol. The highest BCUT2D eigenvalue weighted by molar-refractivity contribution is 5.74. The van der Waals surface area contributed by atoms with Crippen LogP contribution in [-0.4, -0.2) is 41.8 Å². The van der Waals surface area contributed by atoms with E-state index in [9.17, 15) is 4.79 Å². The number of likely N-dealkylation sites (tertiary alicyclic amines) is 1. The van der Waals surface area contributed by atoms with Gasteiger partial charge in [-0.05, 0) is 37.5 Å². The van der Waals surface area contributed by atoms with Gasteiger partial charge in [-0.15, -0.1) is 0 Å². The number of carbonyl (C=O) groups excluding carboxylic acids is 1. The summed E-state index contributed by atoms with van der Waals surface area (Å²) in [6.07, 6.45) is 7.07. The highest BCUT2D eigenvalue weighted by Crippen LogP contribution is 2.31. The Hall–Kier alpha value is -0.770. The quantitative estimate of drug-likeness (QED) is 0.814. The molecule has 0 aromatic heterocycles. The Labute approximate surface area is 122 Å². The highest BCUT2D eigenvalue weighted by atomic mass is 16.3. The van der Waals surface area contributed by atoms with Crippen LogP contribution in [-0.2, 0) is 0 Å². The van der Waals surface area contributed by atoms with Gasteiger partial charge in [0.25, 0.3) is 0 Å². The van der Waals surface area contributed by atoms with Gasteiger partial charge in [-0.25, -0.2) is 4.79 Å². The van der Waals surface area contributed by atoms with E-state index in [1.165, 1.54) is 25.7 Å². The molecule has 3 unspecified atom stereocenters. The van der Waals surface area contributed by atoms with E-state index >= 15 is 0 Å². The fourth-order valence-corrected chi connectivity index (χ4v) is 3.54. The third kappa shape index (κ3) is 4.11. The normalized spacial score (nSPS) is 30.2. The molecule has 0 aromatic rings. The van der Waals surface area contributed by atoms with Crippen LogP contribution in [0.15, 0.2) is 0 Å². The van der Waals surface area contributed by atoms with Gasteiger partial charge >= 0.3 is 6.03 Å². The van der Waals surface area contributed by atoms with Crippen molar-refractivity contribution in [3.63, 3.8) is 0 Å². The SMILES string of the molecule is CC(C)CCC1CCCC1NC(=O)N1CCC(CO)C1. The maximum Gasteiger partial charge on any atom is 0.317 e. The Kier molecular flexibility index (Phi) is 5.70. The van der Waals surface area contributed by atoms with Crippen LogP contribution in [0.5, 0.6) is 0 Å². The van der Waals surface area contributed by atoms with Crippen LogP contribution in [0.1, 0.15) is 52.4 Å². The second-order valence-electron chi connectivity index (χ2n) is 7.00. The summed E-state index contributed by atoms with van der Waals surface area (Å²) in [7, 11) is 0. The monoisotopic (exact) mass is 282 g/mol. The lowest BCUT2D eigenvalue weighted by Crippen LogP contribution is -2.45. The summed E-state index contributed by atoms with van der Waals surface area (Å²) in [5.74, 6) is 1.69. The minimum Gasteiger partial charge on any atom is -0.396 e. The van der Waals surface area contributed by atoms with Crippen LogP contribution in [0, 0.1) is 17.8 Å². The lowest BCUT2D eigenvalue weighted by molar-refractivity contribution is 0.191. The van der Waals surface area contributed by atoms with Gasteiger partial charge in [0, 0.05) is 31.7 Å². The molecule has 1 aliphatic carbocycles. The summed E-state index contributed by atoms with van der Waals surface area (Å²) in [5.41, 5.74) is 0. The maximum absolute atomic E-state index is 12.3. The molecule has 20 heavy (non-hydrogen) atoms. The molecule has 0 radical (unpaired) electrons. The zero-order chi connectivity index (χ0) is 14.5. The molecule has 0 spiro atoms. The second kappa shape index (κ2) is 7.30. The molecule has 1 aliphatic heterocycles. The van der Waals surface area contributed by atoms with Crippen LogP contribution in [0.25, 0.3) is 0 Å². The van der Waals surface area contributed by atoms with Crippen molar-refractivity contribution in [2.45, 2.75) is 58.4 Å². The minimum atomic E-state index is 0.0856. The number of amides is 2. The van der Waals surface area contributed by atoms with E-state index in [1.54, 1.807) is 0 Å². The van der Waals surface area contributed by atoms with E-state index in [-0.39, 0.29) is 18.6 Å². The summed E-state index contributed by atoms with van der Waals surface area (Å²) in [5, 5.41) is 12.4. The number of carbonyl (C=O) groups is 1.